The molecule has 0 N–H and O–H groups in total. The Hall–Kier alpha value is -3.75. The van der Waals surface area contributed by atoms with Crippen LogP contribution in [0.25, 0.3) is 0 Å². The molecule has 1 atom stereocenters. The van der Waals surface area contributed by atoms with E-state index >= 15 is 0 Å². The second kappa shape index (κ2) is 10.6. The Kier molecular flexibility index (Phi) is 7.19. The zero-order valence-electron chi connectivity index (χ0n) is 22.1. The molecule has 193 valence electrons. The maximum Gasteiger partial charge on any atom is 0.338 e. The lowest BCUT2D eigenvalue weighted by Gasteiger charge is -2.42. The predicted molar refractivity (Wildman–Crippen MR) is 158 cm³/mol. The van der Waals surface area contributed by atoms with E-state index in [1.807, 2.05) is 56.0 Å². The van der Waals surface area contributed by atoms with Crippen molar-refractivity contribution in [2.24, 2.45) is 0 Å². The number of hydrogen-bond acceptors (Lipinski definition) is 3. The second-order valence-corrected chi connectivity index (χ2v) is 14.2. The molecule has 38 heavy (non-hydrogen) atoms. The van der Waals surface area contributed by atoms with E-state index in [4.69, 9.17) is 4.74 Å². The van der Waals surface area contributed by atoms with Gasteiger partial charge < -0.3 is 9.64 Å². The van der Waals surface area contributed by atoms with Crippen LogP contribution in [0.4, 0.5) is 5.69 Å². The van der Waals surface area contributed by atoms with Crippen molar-refractivity contribution in [3.05, 3.63) is 121 Å². The first kappa shape index (κ1) is 25.9. The molecular weight excluding hydrogens is 489 g/mol. The van der Waals surface area contributed by atoms with Crippen LogP contribution in [0.3, 0.4) is 0 Å². The molecule has 0 bridgehead atoms. The number of carbonyl (C=O) groups excluding carboxylic acids is 2. The third kappa shape index (κ3) is 4.89. The Balaban J connectivity index is 1.56. The fourth-order valence-corrected chi connectivity index (χ4v) is 10.2. The van der Waals surface area contributed by atoms with Crippen molar-refractivity contribution >= 4 is 40.7 Å². The van der Waals surface area contributed by atoms with Gasteiger partial charge in [0, 0.05) is 12.2 Å². The number of ether oxygens (including phenoxy) is 1. The smallest absolute Gasteiger partial charge is 0.338 e. The van der Waals surface area contributed by atoms with Gasteiger partial charge in [0.25, 0.3) is 0 Å². The lowest BCUT2D eigenvalue weighted by molar-refractivity contribution is -0.116. The van der Waals surface area contributed by atoms with Crippen molar-refractivity contribution in [1.82, 2.24) is 0 Å². The molecule has 0 saturated carbocycles. The largest absolute Gasteiger partial charge is 0.456 e. The maximum absolute atomic E-state index is 14.3. The van der Waals surface area contributed by atoms with E-state index in [0.717, 1.165) is 12.1 Å². The van der Waals surface area contributed by atoms with Crippen molar-refractivity contribution in [1.29, 1.82) is 0 Å². The number of carbonyl (C=O) groups is 2. The fourth-order valence-electron chi connectivity index (χ4n) is 5.37. The van der Waals surface area contributed by atoms with E-state index in [1.165, 1.54) is 15.9 Å². The molecule has 1 unspecified atom stereocenters. The molecule has 0 aliphatic carbocycles. The van der Waals surface area contributed by atoms with E-state index in [0.29, 0.717) is 12.1 Å². The highest BCUT2D eigenvalue weighted by Gasteiger charge is 2.49. The van der Waals surface area contributed by atoms with Gasteiger partial charge in [-0.15, -0.1) is 0 Å². The average molecular weight is 523 g/mol. The van der Waals surface area contributed by atoms with Gasteiger partial charge >= 0.3 is 5.97 Å². The first-order chi connectivity index (χ1) is 18.3. The maximum atomic E-state index is 14.3. The SMILES string of the molecule is CC(C)(C)OC(=O)c1ccc(N2CCC([P](c3ccccc3)(c3ccccc3)c3ccccc3)C2=O)cc1. The topological polar surface area (TPSA) is 46.6 Å². The molecule has 1 aliphatic heterocycles. The lowest BCUT2D eigenvalue weighted by Crippen LogP contribution is -2.42. The standard InChI is InChI=1S/C33H33NO3P/c1-33(2,3)37-32(36)25-19-21-26(22-20-25)34-24-23-30(31(34)35)38(27-13-7-4-8-14-27,28-15-9-5-10-16-28)29-17-11-6-12-18-29/h4-22,30H,23-24H2,1-3H3. The molecule has 1 saturated heterocycles. The minimum absolute atomic E-state index is 0.125. The third-order valence-corrected chi connectivity index (χ3v) is 11.7. The van der Waals surface area contributed by atoms with Crippen molar-refractivity contribution < 1.29 is 14.3 Å². The molecular formula is C33H33NO3P. The van der Waals surface area contributed by atoms with Crippen LogP contribution in [0, 0.1) is 0 Å². The number of esters is 1. The third-order valence-electron chi connectivity index (χ3n) is 6.95. The summed E-state index contributed by atoms with van der Waals surface area (Å²) in [4.78, 5) is 28.7. The van der Waals surface area contributed by atoms with Crippen LogP contribution >= 0.6 is 7.26 Å². The van der Waals surface area contributed by atoms with Crippen LogP contribution in [0.15, 0.2) is 115 Å². The molecule has 4 aromatic carbocycles. The molecule has 5 heteroatoms. The Morgan fingerprint density at radius 3 is 1.61 bits per heavy atom. The van der Waals surface area contributed by atoms with Gasteiger partial charge in [-0.25, -0.2) is 4.79 Å². The fraction of sp³-hybridized carbons (Fsp3) is 0.212. The summed E-state index contributed by atoms with van der Waals surface area (Å²) in [5.74, 6) is -0.239. The molecule has 1 radical (unpaired) electrons. The summed E-state index contributed by atoms with van der Waals surface area (Å²) < 4.78 is 5.50. The summed E-state index contributed by atoms with van der Waals surface area (Å²) in [5, 5.41) is 3.62. The van der Waals surface area contributed by atoms with E-state index < -0.39 is 12.9 Å². The van der Waals surface area contributed by atoms with Gasteiger partial charge in [0.2, 0.25) is 5.91 Å². The Labute approximate surface area is 225 Å². The van der Waals surface area contributed by atoms with Gasteiger partial charge in [-0.05, 0) is 74.6 Å². The highest BCUT2D eigenvalue weighted by molar-refractivity contribution is 7.97. The first-order valence-electron chi connectivity index (χ1n) is 13.0. The van der Waals surface area contributed by atoms with Gasteiger partial charge in [-0.2, -0.15) is 0 Å². The first-order valence-corrected chi connectivity index (χ1v) is 14.9. The summed E-state index contributed by atoms with van der Waals surface area (Å²) in [6.45, 7) is 6.18. The lowest BCUT2D eigenvalue weighted by atomic mass is 10.1. The number of anilines is 1. The number of hydrogen-bond donors (Lipinski definition) is 0. The molecule has 5 rings (SSSR count). The Morgan fingerprint density at radius 1 is 0.737 bits per heavy atom. The van der Waals surface area contributed by atoms with Gasteiger partial charge in [-0.3, -0.25) is 4.79 Å². The number of benzene rings is 4. The average Bonchev–Trinajstić information content (AvgIpc) is 3.31. The van der Waals surface area contributed by atoms with Crippen LogP contribution in [-0.4, -0.2) is 29.7 Å². The summed E-state index contributed by atoms with van der Waals surface area (Å²) in [6.07, 6.45) is 0.749. The number of nitrogens with zero attached hydrogens (tertiary/aromatic N) is 1. The second-order valence-electron chi connectivity index (χ2n) is 10.6. The summed E-state index contributed by atoms with van der Waals surface area (Å²) in [5.41, 5.74) is 0.525. The van der Waals surface area contributed by atoms with Crippen LogP contribution in [0.2, 0.25) is 0 Å². The molecule has 1 amide bonds. The Bertz CT molecular complexity index is 1300. The van der Waals surface area contributed by atoms with E-state index in [2.05, 4.69) is 72.8 Å². The summed E-state index contributed by atoms with van der Waals surface area (Å²) in [6, 6.07) is 38.8. The van der Waals surface area contributed by atoms with E-state index in [-0.39, 0.29) is 17.5 Å². The molecule has 0 aromatic heterocycles. The minimum atomic E-state index is -2.33. The highest BCUT2D eigenvalue weighted by Crippen LogP contribution is 2.62. The zero-order valence-corrected chi connectivity index (χ0v) is 23.0. The zero-order chi connectivity index (χ0) is 26.8. The van der Waals surface area contributed by atoms with Gasteiger partial charge in [0.1, 0.15) is 5.60 Å². The van der Waals surface area contributed by atoms with Crippen molar-refractivity contribution in [3.8, 4) is 0 Å². The van der Waals surface area contributed by atoms with Crippen molar-refractivity contribution in [3.63, 3.8) is 0 Å². The van der Waals surface area contributed by atoms with Crippen LogP contribution in [-0.2, 0) is 9.53 Å². The molecule has 1 fully saturated rings. The van der Waals surface area contributed by atoms with Gasteiger partial charge in [0.15, 0.2) is 0 Å². The van der Waals surface area contributed by atoms with Crippen LogP contribution < -0.4 is 20.8 Å². The van der Waals surface area contributed by atoms with Gasteiger partial charge in [0.05, 0.1) is 11.2 Å². The van der Waals surface area contributed by atoms with Crippen molar-refractivity contribution in [2.75, 3.05) is 11.4 Å². The van der Waals surface area contributed by atoms with E-state index in [1.54, 1.807) is 12.1 Å². The summed E-state index contributed by atoms with van der Waals surface area (Å²) in [7, 11) is -2.33. The Morgan fingerprint density at radius 2 is 1.18 bits per heavy atom. The monoisotopic (exact) mass is 522 g/mol. The summed E-state index contributed by atoms with van der Waals surface area (Å²) >= 11 is 0. The van der Waals surface area contributed by atoms with Crippen LogP contribution in [0.5, 0.6) is 0 Å². The van der Waals surface area contributed by atoms with E-state index in [9.17, 15) is 9.59 Å². The molecule has 1 heterocycles. The van der Waals surface area contributed by atoms with Crippen molar-refractivity contribution in [2.45, 2.75) is 38.5 Å². The highest BCUT2D eigenvalue weighted by atomic mass is 31.2. The molecule has 4 nitrogen and oxygen atoms in total. The van der Waals surface area contributed by atoms with Crippen LogP contribution in [0.1, 0.15) is 37.6 Å². The molecule has 4 aromatic rings. The predicted octanol–water partition coefficient (Wildman–Crippen LogP) is 5.74. The van der Waals surface area contributed by atoms with Gasteiger partial charge in [-0.1, -0.05) is 91.0 Å². The molecule has 1 aliphatic rings. The minimum Gasteiger partial charge on any atom is -0.456 e. The quantitative estimate of drug-likeness (QED) is 0.240. The molecule has 0 spiro atoms. The normalized spacial score (nSPS) is 15.9. The number of amides is 1. The number of rotatable bonds is 6.